The standard InChI is InChI=1S/C12H13NO2/c1-7(2)10-5-8(12(14)15)6-11-9(10)3-4-13-11/h3-7,13H,1-2H3,(H,14,15). The maximum absolute atomic E-state index is 10.9. The van der Waals surface area contributed by atoms with E-state index < -0.39 is 5.97 Å². The predicted molar refractivity (Wildman–Crippen MR) is 59.3 cm³/mol. The third-order valence-electron chi connectivity index (χ3n) is 2.57. The molecular formula is C12H13NO2. The van der Waals surface area contributed by atoms with Gasteiger partial charge in [-0.05, 0) is 29.7 Å². The minimum absolute atomic E-state index is 0.322. The van der Waals surface area contributed by atoms with Gasteiger partial charge in [0.25, 0.3) is 0 Å². The molecule has 15 heavy (non-hydrogen) atoms. The Labute approximate surface area is 87.7 Å². The van der Waals surface area contributed by atoms with Crippen LogP contribution < -0.4 is 0 Å². The number of aromatic nitrogens is 1. The van der Waals surface area contributed by atoms with Gasteiger partial charge in [-0.1, -0.05) is 13.8 Å². The average molecular weight is 203 g/mol. The van der Waals surface area contributed by atoms with Crippen molar-refractivity contribution in [2.45, 2.75) is 19.8 Å². The number of carbonyl (C=O) groups is 1. The van der Waals surface area contributed by atoms with Crippen LogP contribution in [0.25, 0.3) is 10.9 Å². The molecule has 0 amide bonds. The average Bonchev–Trinajstić information content (AvgIpc) is 2.62. The summed E-state index contributed by atoms with van der Waals surface area (Å²) in [5.41, 5.74) is 2.30. The highest BCUT2D eigenvalue weighted by Crippen LogP contribution is 2.26. The Morgan fingerprint density at radius 3 is 2.73 bits per heavy atom. The largest absolute Gasteiger partial charge is 0.478 e. The summed E-state index contributed by atoms with van der Waals surface area (Å²) < 4.78 is 0. The smallest absolute Gasteiger partial charge is 0.335 e. The minimum Gasteiger partial charge on any atom is -0.478 e. The van der Waals surface area contributed by atoms with Crippen molar-refractivity contribution in [3.63, 3.8) is 0 Å². The molecule has 0 aliphatic carbocycles. The van der Waals surface area contributed by atoms with E-state index in [4.69, 9.17) is 5.11 Å². The molecule has 1 heterocycles. The van der Waals surface area contributed by atoms with E-state index in [1.807, 2.05) is 12.3 Å². The lowest BCUT2D eigenvalue weighted by Gasteiger charge is -2.08. The van der Waals surface area contributed by atoms with Crippen LogP contribution in [0.2, 0.25) is 0 Å². The highest BCUT2D eigenvalue weighted by atomic mass is 16.4. The van der Waals surface area contributed by atoms with Crippen molar-refractivity contribution in [1.29, 1.82) is 0 Å². The fourth-order valence-electron chi connectivity index (χ4n) is 1.80. The fourth-order valence-corrected chi connectivity index (χ4v) is 1.80. The summed E-state index contributed by atoms with van der Waals surface area (Å²) in [6, 6.07) is 5.41. The Kier molecular flexibility index (Phi) is 2.23. The zero-order valence-corrected chi connectivity index (χ0v) is 8.74. The number of aromatic carboxylic acids is 1. The molecule has 0 spiro atoms. The zero-order valence-electron chi connectivity index (χ0n) is 8.74. The van der Waals surface area contributed by atoms with E-state index in [9.17, 15) is 4.79 Å². The number of carboxylic acids is 1. The summed E-state index contributed by atoms with van der Waals surface area (Å²) in [6.45, 7) is 4.13. The van der Waals surface area contributed by atoms with Crippen molar-refractivity contribution in [2.75, 3.05) is 0 Å². The number of H-pyrrole nitrogens is 1. The van der Waals surface area contributed by atoms with E-state index in [1.54, 1.807) is 12.1 Å². The molecule has 0 saturated heterocycles. The number of carboxylic acid groups (broad SMARTS) is 1. The van der Waals surface area contributed by atoms with Gasteiger partial charge in [-0.25, -0.2) is 4.79 Å². The van der Waals surface area contributed by atoms with E-state index in [-0.39, 0.29) is 0 Å². The molecule has 2 rings (SSSR count). The van der Waals surface area contributed by atoms with Gasteiger partial charge in [0.1, 0.15) is 0 Å². The van der Waals surface area contributed by atoms with Gasteiger partial charge in [0, 0.05) is 17.1 Å². The van der Waals surface area contributed by atoms with Gasteiger partial charge in [-0.15, -0.1) is 0 Å². The van der Waals surface area contributed by atoms with Crippen LogP contribution in [0.4, 0.5) is 0 Å². The van der Waals surface area contributed by atoms with E-state index in [2.05, 4.69) is 18.8 Å². The highest BCUT2D eigenvalue weighted by molar-refractivity contribution is 5.95. The topological polar surface area (TPSA) is 53.1 Å². The number of fused-ring (bicyclic) bond motifs is 1. The van der Waals surface area contributed by atoms with Crippen molar-refractivity contribution in [3.05, 3.63) is 35.5 Å². The second-order valence-electron chi connectivity index (χ2n) is 3.96. The quantitative estimate of drug-likeness (QED) is 0.788. The Bertz CT molecular complexity index is 511. The number of benzene rings is 1. The summed E-state index contributed by atoms with van der Waals surface area (Å²) in [7, 11) is 0. The maximum Gasteiger partial charge on any atom is 0.335 e. The van der Waals surface area contributed by atoms with E-state index in [1.165, 1.54) is 0 Å². The summed E-state index contributed by atoms with van der Waals surface area (Å²) in [6.07, 6.45) is 1.84. The maximum atomic E-state index is 10.9. The Balaban J connectivity index is 2.74. The lowest BCUT2D eigenvalue weighted by atomic mass is 9.97. The second-order valence-corrected chi connectivity index (χ2v) is 3.96. The first-order chi connectivity index (χ1) is 7.09. The minimum atomic E-state index is -0.881. The number of aromatic amines is 1. The number of rotatable bonds is 2. The fraction of sp³-hybridized carbons (Fsp3) is 0.250. The molecule has 2 N–H and O–H groups in total. The molecule has 0 saturated carbocycles. The Hall–Kier alpha value is -1.77. The lowest BCUT2D eigenvalue weighted by molar-refractivity contribution is 0.0697. The SMILES string of the molecule is CC(C)c1cc(C(=O)O)cc2[nH]ccc12. The molecule has 2 aromatic rings. The predicted octanol–water partition coefficient (Wildman–Crippen LogP) is 2.99. The van der Waals surface area contributed by atoms with Crippen LogP contribution in [0.1, 0.15) is 35.7 Å². The molecule has 0 unspecified atom stereocenters. The van der Waals surface area contributed by atoms with Crippen LogP contribution >= 0.6 is 0 Å². The Morgan fingerprint density at radius 2 is 2.13 bits per heavy atom. The summed E-state index contributed by atoms with van der Waals surface area (Å²) in [5, 5.41) is 10.1. The lowest BCUT2D eigenvalue weighted by Crippen LogP contribution is -1.99. The first kappa shape index (κ1) is 9.77. The van der Waals surface area contributed by atoms with Gasteiger partial charge in [0.2, 0.25) is 0 Å². The molecule has 78 valence electrons. The van der Waals surface area contributed by atoms with Crippen molar-refractivity contribution in [1.82, 2.24) is 4.98 Å². The molecule has 3 nitrogen and oxygen atoms in total. The molecule has 3 heteroatoms. The van der Waals surface area contributed by atoms with Crippen LogP contribution in [0.5, 0.6) is 0 Å². The summed E-state index contributed by atoms with van der Waals surface area (Å²) >= 11 is 0. The molecule has 0 aliphatic heterocycles. The van der Waals surface area contributed by atoms with Crippen LogP contribution in [0, 0.1) is 0 Å². The van der Waals surface area contributed by atoms with Crippen molar-refractivity contribution >= 4 is 16.9 Å². The Morgan fingerprint density at radius 1 is 1.40 bits per heavy atom. The third-order valence-corrected chi connectivity index (χ3v) is 2.57. The van der Waals surface area contributed by atoms with Crippen molar-refractivity contribution < 1.29 is 9.90 Å². The monoisotopic (exact) mass is 203 g/mol. The van der Waals surface area contributed by atoms with Gasteiger partial charge in [-0.3, -0.25) is 0 Å². The first-order valence-corrected chi connectivity index (χ1v) is 4.94. The highest BCUT2D eigenvalue weighted by Gasteiger charge is 2.11. The van der Waals surface area contributed by atoms with Crippen molar-refractivity contribution in [3.8, 4) is 0 Å². The van der Waals surface area contributed by atoms with E-state index in [0.717, 1.165) is 16.5 Å². The first-order valence-electron chi connectivity index (χ1n) is 4.94. The van der Waals surface area contributed by atoms with Crippen molar-refractivity contribution in [2.24, 2.45) is 0 Å². The van der Waals surface area contributed by atoms with Gasteiger partial charge in [0.05, 0.1) is 5.56 Å². The summed E-state index contributed by atoms with van der Waals surface area (Å²) in [4.78, 5) is 14.0. The number of hydrogen-bond acceptors (Lipinski definition) is 1. The molecule has 0 bridgehead atoms. The normalized spacial score (nSPS) is 11.1. The third kappa shape index (κ3) is 1.61. The van der Waals surface area contributed by atoms with Gasteiger partial charge >= 0.3 is 5.97 Å². The van der Waals surface area contributed by atoms with Gasteiger partial charge in [0.15, 0.2) is 0 Å². The molecule has 0 fully saturated rings. The van der Waals surface area contributed by atoms with Crippen LogP contribution in [-0.4, -0.2) is 16.1 Å². The molecule has 0 radical (unpaired) electrons. The van der Waals surface area contributed by atoms with Crippen LogP contribution in [0.3, 0.4) is 0 Å². The number of nitrogens with one attached hydrogen (secondary N) is 1. The molecule has 0 atom stereocenters. The van der Waals surface area contributed by atoms with Crippen LogP contribution in [0.15, 0.2) is 24.4 Å². The molecular weight excluding hydrogens is 190 g/mol. The molecule has 1 aromatic heterocycles. The second kappa shape index (κ2) is 3.42. The van der Waals surface area contributed by atoms with E-state index in [0.29, 0.717) is 11.5 Å². The zero-order chi connectivity index (χ0) is 11.0. The van der Waals surface area contributed by atoms with Crippen LogP contribution in [-0.2, 0) is 0 Å². The van der Waals surface area contributed by atoms with Gasteiger partial charge < -0.3 is 10.1 Å². The molecule has 0 aliphatic rings. The number of hydrogen-bond donors (Lipinski definition) is 2. The van der Waals surface area contributed by atoms with Gasteiger partial charge in [-0.2, -0.15) is 0 Å². The van der Waals surface area contributed by atoms with E-state index >= 15 is 0 Å². The summed E-state index contributed by atoms with van der Waals surface area (Å²) in [5.74, 6) is -0.559. The molecule has 1 aromatic carbocycles.